The Balaban J connectivity index is 3.66. The highest BCUT2D eigenvalue weighted by molar-refractivity contribution is 6.02. The Morgan fingerprint density at radius 1 is 1.64 bits per heavy atom. The molecule has 3 heteroatoms. The fraction of sp³-hybridized carbons (Fsp3) is 0.500. The lowest BCUT2D eigenvalue weighted by Gasteiger charge is -1.99. The molecule has 0 aromatic rings. The van der Waals surface area contributed by atoms with Gasteiger partial charge in [0, 0.05) is 6.42 Å². The van der Waals surface area contributed by atoms with Crippen LogP contribution in [0.1, 0.15) is 26.7 Å². The zero-order chi connectivity index (χ0) is 8.69. The van der Waals surface area contributed by atoms with E-state index in [1.165, 1.54) is 0 Å². The van der Waals surface area contributed by atoms with Gasteiger partial charge in [0.05, 0.1) is 0 Å². The van der Waals surface area contributed by atoms with Crippen molar-refractivity contribution in [3.8, 4) is 0 Å². The normalized spacial score (nSPS) is 10.0. The largest absolute Gasteiger partial charge is 0.311 e. The lowest BCUT2D eigenvalue weighted by atomic mass is 10.3. The molecule has 0 aromatic heterocycles. The molecule has 0 aliphatic carbocycles. The van der Waals surface area contributed by atoms with E-state index in [1.54, 1.807) is 19.1 Å². The average molecular weight is 154 g/mol. The molecule has 0 spiro atoms. The van der Waals surface area contributed by atoms with Crippen LogP contribution < -0.4 is 5.32 Å². The molecule has 0 saturated carbocycles. The standard InChI is InChI=1S/C8H14N2O/c1-3-5-7(9)10-8(11)6-4-2/h3,5H,4,6H2,1-2H3,(H2,9,10,11)/b5-3-. The molecule has 11 heavy (non-hydrogen) atoms. The summed E-state index contributed by atoms with van der Waals surface area (Å²) in [4.78, 5) is 10.8. The fourth-order valence-electron chi connectivity index (χ4n) is 0.648. The maximum absolute atomic E-state index is 10.8. The van der Waals surface area contributed by atoms with Crippen LogP contribution in [-0.4, -0.2) is 11.7 Å². The molecule has 0 atom stereocenters. The smallest absolute Gasteiger partial charge is 0.225 e. The van der Waals surface area contributed by atoms with Crippen molar-refractivity contribution in [2.75, 3.05) is 0 Å². The molecule has 0 bridgehead atoms. The van der Waals surface area contributed by atoms with Crippen molar-refractivity contribution in [1.29, 1.82) is 5.41 Å². The first-order chi connectivity index (χ1) is 5.20. The Labute approximate surface area is 67.0 Å². The maximum atomic E-state index is 10.8. The minimum absolute atomic E-state index is 0.0874. The SMILES string of the molecule is C/C=C\C(=N)NC(=O)CCC. The zero-order valence-electron chi connectivity index (χ0n) is 6.98. The molecule has 1 amide bonds. The molecule has 0 aliphatic heterocycles. The monoisotopic (exact) mass is 154 g/mol. The highest BCUT2D eigenvalue weighted by Crippen LogP contribution is 1.85. The molecule has 0 unspecified atom stereocenters. The van der Waals surface area contributed by atoms with Crippen molar-refractivity contribution in [3.63, 3.8) is 0 Å². The van der Waals surface area contributed by atoms with Gasteiger partial charge in [-0.25, -0.2) is 0 Å². The fourth-order valence-corrected chi connectivity index (χ4v) is 0.648. The van der Waals surface area contributed by atoms with E-state index in [4.69, 9.17) is 5.41 Å². The van der Waals surface area contributed by atoms with E-state index in [1.807, 2.05) is 6.92 Å². The Morgan fingerprint density at radius 3 is 2.73 bits per heavy atom. The first-order valence-corrected chi connectivity index (χ1v) is 3.71. The minimum Gasteiger partial charge on any atom is -0.311 e. The molecule has 3 nitrogen and oxygen atoms in total. The molecule has 2 N–H and O–H groups in total. The van der Waals surface area contributed by atoms with Crippen molar-refractivity contribution in [2.45, 2.75) is 26.7 Å². The van der Waals surface area contributed by atoms with Gasteiger partial charge in [-0.05, 0) is 19.4 Å². The molecule has 0 saturated heterocycles. The zero-order valence-corrected chi connectivity index (χ0v) is 6.98. The van der Waals surface area contributed by atoms with Crippen molar-refractivity contribution in [1.82, 2.24) is 5.32 Å². The van der Waals surface area contributed by atoms with E-state index in [-0.39, 0.29) is 11.7 Å². The molecule has 62 valence electrons. The van der Waals surface area contributed by atoms with Crippen LogP contribution in [0, 0.1) is 5.41 Å². The van der Waals surface area contributed by atoms with E-state index in [0.717, 1.165) is 6.42 Å². The topological polar surface area (TPSA) is 53.0 Å². The number of carbonyl (C=O) groups is 1. The first-order valence-electron chi connectivity index (χ1n) is 3.71. The molecule has 0 heterocycles. The highest BCUT2D eigenvalue weighted by atomic mass is 16.1. The summed E-state index contributed by atoms with van der Waals surface area (Å²) < 4.78 is 0. The van der Waals surface area contributed by atoms with Gasteiger partial charge in [-0.3, -0.25) is 10.2 Å². The molecular weight excluding hydrogens is 140 g/mol. The van der Waals surface area contributed by atoms with Crippen molar-refractivity contribution in [3.05, 3.63) is 12.2 Å². The molecule has 0 fully saturated rings. The molecule has 0 aliphatic rings. The van der Waals surface area contributed by atoms with Crippen molar-refractivity contribution in [2.24, 2.45) is 0 Å². The van der Waals surface area contributed by atoms with Crippen LogP contribution in [0.5, 0.6) is 0 Å². The van der Waals surface area contributed by atoms with Crippen LogP contribution in [0.4, 0.5) is 0 Å². The van der Waals surface area contributed by atoms with Crippen molar-refractivity contribution < 1.29 is 4.79 Å². The third kappa shape index (κ3) is 5.33. The van der Waals surface area contributed by atoms with Gasteiger partial charge in [-0.1, -0.05) is 13.0 Å². The summed E-state index contributed by atoms with van der Waals surface area (Å²) in [6.07, 6.45) is 4.57. The summed E-state index contributed by atoms with van der Waals surface area (Å²) in [7, 11) is 0. The maximum Gasteiger partial charge on any atom is 0.225 e. The third-order valence-electron chi connectivity index (χ3n) is 1.08. The number of allylic oxidation sites excluding steroid dienone is 1. The van der Waals surface area contributed by atoms with E-state index in [0.29, 0.717) is 6.42 Å². The Kier molecular flexibility index (Phi) is 5.07. The lowest BCUT2D eigenvalue weighted by Crippen LogP contribution is -2.27. The van der Waals surface area contributed by atoms with Gasteiger partial charge in [0.15, 0.2) is 0 Å². The van der Waals surface area contributed by atoms with Gasteiger partial charge in [-0.2, -0.15) is 0 Å². The third-order valence-corrected chi connectivity index (χ3v) is 1.08. The second-order valence-electron chi connectivity index (χ2n) is 2.21. The summed E-state index contributed by atoms with van der Waals surface area (Å²) in [5.74, 6) is 0.0709. The molecule has 0 aromatic carbocycles. The van der Waals surface area contributed by atoms with Gasteiger partial charge >= 0.3 is 0 Å². The average Bonchev–Trinajstić information content (AvgIpc) is 1.87. The second-order valence-corrected chi connectivity index (χ2v) is 2.21. The Hall–Kier alpha value is -1.12. The van der Waals surface area contributed by atoms with Crippen molar-refractivity contribution >= 4 is 11.7 Å². The summed E-state index contributed by atoms with van der Waals surface area (Å²) >= 11 is 0. The number of rotatable bonds is 3. The minimum atomic E-state index is -0.0874. The van der Waals surface area contributed by atoms with Crippen LogP contribution in [0.15, 0.2) is 12.2 Å². The molecular formula is C8H14N2O. The number of nitrogens with one attached hydrogen (secondary N) is 2. The summed E-state index contributed by atoms with van der Waals surface area (Å²) in [6, 6.07) is 0. The van der Waals surface area contributed by atoms with Crippen LogP contribution in [0.3, 0.4) is 0 Å². The predicted octanol–water partition coefficient (Wildman–Crippen LogP) is 1.46. The van der Waals surface area contributed by atoms with E-state index < -0.39 is 0 Å². The van der Waals surface area contributed by atoms with Gasteiger partial charge in [0.25, 0.3) is 0 Å². The Morgan fingerprint density at radius 2 is 2.27 bits per heavy atom. The first kappa shape index (κ1) is 9.88. The number of amides is 1. The van der Waals surface area contributed by atoms with Gasteiger partial charge in [0.1, 0.15) is 5.84 Å². The van der Waals surface area contributed by atoms with Crippen LogP contribution >= 0.6 is 0 Å². The number of hydrogen-bond acceptors (Lipinski definition) is 2. The van der Waals surface area contributed by atoms with Crippen LogP contribution in [-0.2, 0) is 4.79 Å². The van der Waals surface area contributed by atoms with Gasteiger partial charge in [0.2, 0.25) is 5.91 Å². The highest BCUT2D eigenvalue weighted by Gasteiger charge is 1.98. The van der Waals surface area contributed by atoms with Crippen LogP contribution in [0.25, 0.3) is 0 Å². The van der Waals surface area contributed by atoms with Crippen LogP contribution in [0.2, 0.25) is 0 Å². The summed E-state index contributed by atoms with van der Waals surface area (Å²) in [5, 5.41) is 9.62. The van der Waals surface area contributed by atoms with Gasteiger partial charge < -0.3 is 5.32 Å². The second kappa shape index (κ2) is 5.65. The summed E-state index contributed by atoms with van der Waals surface area (Å²) in [6.45, 7) is 3.74. The van der Waals surface area contributed by atoms with E-state index >= 15 is 0 Å². The number of hydrogen-bond donors (Lipinski definition) is 2. The van der Waals surface area contributed by atoms with Gasteiger partial charge in [-0.15, -0.1) is 0 Å². The number of carbonyl (C=O) groups excluding carboxylic acids is 1. The summed E-state index contributed by atoms with van der Waals surface area (Å²) in [5.41, 5.74) is 0. The number of amidine groups is 1. The quantitative estimate of drug-likeness (QED) is 0.469. The molecule has 0 rings (SSSR count). The lowest BCUT2D eigenvalue weighted by molar-refractivity contribution is -0.119. The predicted molar refractivity (Wildman–Crippen MR) is 45.6 cm³/mol. The van der Waals surface area contributed by atoms with E-state index in [2.05, 4.69) is 5.32 Å². The molecule has 0 radical (unpaired) electrons. The van der Waals surface area contributed by atoms with E-state index in [9.17, 15) is 4.79 Å². The Bertz CT molecular complexity index is 173.